The minimum Gasteiger partial charge on any atom is -0.493 e. The molecule has 168 valence electrons. The molecule has 0 N–H and O–H groups in total. The number of halogens is 1. The smallest absolute Gasteiger partial charge is 0.273 e. The molecule has 0 saturated heterocycles. The van der Waals surface area contributed by atoms with Crippen molar-refractivity contribution in [3.05, 3.63) is 101 Å². The van der Waals surface area contributed by atoms with Gasteiger partial charge in [0.1, 0.15) is 23.1 Å². The summed E-state index contributed by atoms with van der Waals surface area (Å²) in [7, 11) is 3.33. The molecule has 0 atom stereocenters. The van der Waals surface area contributed by atoms with E-state index in [2.05, 4.69) is 4.98 Å². The van der Waals surface area contributed by atoms with Crippen molar-refractivity contribution < 1.29 is 18.7 Å². The molecule has 0 spiro atoms. The molecule has 7 heteroatoms. The van der Waals surface area contributed by atoms with Crippen molar-refractivity contribution in [1.82, 2.24) is 9.88 Å². The van der Waals surface area contributed by atoms with Gasteiger partial charge in [-0.15, -0.1) is 11.3 Å². The first-order chi connectivity index (χ1) is 16.0. The first-order valence-electron chi connectivity index (χ1n) is 10.3. The molecule has 0 unspecified atom stereocenters. The number of hydrogen-bond donors (Lipinski definition) is 0. The molecular weight excluding hydrogens is 439 g/mol. The van der Waals surface area contributed by atoms with Crippen molar-refractivity contribution in [2.75, 3.05) is 14.2 Å². The maximum Gasteiger partial charge on any atom is 0.273 e. The second-order valence-corrected chi connectivity index (χ2v) is 8.33. The first kappa shape index (κ1) is 22.5. The van der Waals surface area contributed by atoms with Crippen LogP contribution in [0, 0.1) is 5.82 Å². The summed E-state index contributed by atoms with van der Waals surface area (Å²) >= 11 is 1.39. The summed E-state index contributed by atoms with van der Waals surface area (Å²) in [6.45, 7) is 0.731. The molecule has 0 radical (unpaired) electrons. The average Bonchev–Trinajstić information content (AvgIpc) is 3.33. The summed E-state index contributed by atoms with van der Waals surface area (Å²) in [5.74, 6) is 0.638. The van der Waals surface area contributed by atoms with Crippen molar-refractivity contribution in [3.8, 4) is 22.1 Å². The van der Waals surface area contributed by atoms with Gasteiger partial charge in [-0.3, -0.25) is 4.79 Å². The van der Waals surface area contributed by atoms with Gasteiger partial charge in [0.25, 0.3) is 5.91 Å². The second-order valence-electron chi connectivity index (χ2n) is 7.47. The van der Waals surface area contributed by atoms with Gasteiger partial charge >= 0.3 is 0 Å². The van der Waals surface area contributed by atoms with E-state index in [1.165, 1.54) is 23.5 Å². The van der Waals surface area contributed by atoms with Crippen LogP contribution in [0.5, 0.6) is 11.5 Å². The fourth-order valence-electron chi connectivity index (χ4n) is 3.34. The molecule has 5 nitrogen and oxygen atoms in total. The second kappa shape index (κ2) is 10.3. The predicted molar refractivity (Wildman–Crippen MR) is 127 cm³/mol. The van der Waals surface area contributed by atoms with Crippen molar-refractivity contribution in [1.29, 1.82) is 0 Å². The fraction of sp³-hybridized carbons (Fsp3) is 0.154. The summed E-state index contributed by atoms with van der Waals surface area (Å²) in [6, 6.07) is 21.6. The molecular formula is C26H23FN2O3S. The lowest BCUT2D eigenvalue weighted by Crippen LogP contribution is -2.26. The van der Waals surface area contributed by atoms with Gasteiger partial charge in [-0.1, -0.05) is 42.5 Å². The molecule has 0 aliphatic rings. The van der Waals surface area contributed by atoms with Gasteiger partial charge in [0.15, 0.2) is 11.5 Å². The van der Waals surface area contributed by atoms with E-state index in [0.717, 1.165) is 16.7 Å². The molecule has 3 aromatic carbocycles. The number of carbonyl (C=O) groups is 1. The Morgan fingerprint density at radius 1 is 1.00 bits per heavy atom. The Labute approximate surface area is 196 Å². The van der Waals surface area contributed by atoms with Gasteiger partial charge in [-0.05, 0) is 41.5 Å². The predicted octanol–water partition coefficient (Wildman–Crippen LogP) is 5.81. The van der Waals surface area contributed by atoms with Crippen LogP contribution in [0.4, 0.5) is 4.39 Å². The summed E-state index contributed by atoms with van der Waals surface area (Å²) in [5, 5.41) is 2.47. The largest absolute Gasteiger partial charge is 0.493 e. The Hall–Kier alpha value is -3.71. The standard InChI is InChI=1S/C26H23FN2O3S/c1-29(15-18-7-4-3-5-8-18)26(30)22-17-33-25(28-22)20-11-12-23(24(14-20)31-2)32-16-19-9-6-10-21(27)13-19/h3-14,17H,15-16H2,1-2H3. The lowest BCUT2D eigenvalue weighted by molar-refractivity contribution is 0.0780. The summed E-state index contributed by atoms with van der Waals surface area (Å²) < 4.78 is 24.7. The highest BCUT2D eigenvalue weighted by atomic mass is 32.1. The van der Waals surface area contributed by atoms with Gasteiger partial charge in [-0.25, -0.2) is 9.37 Å². The molecule has 4 rings (SSSR count). The van der Waals surface area contributed by atoms with E-state index in [1.54, 1.807) is 42.6 Å². The van der Waals surface area contributed by atoms with Crippen molar-refractivity contribution >= 4 is 17.2 Å². The quantitative estimate of drug-likeness (QED) is 0.332. The van der Waals surface area contributed by atoms with Gasteiger partial charge in [-0.2, -0.15) is 0 Å². The highest BCUT2D eigenvalue weighted by molar-refractivity contribution is 7.13. The molecule has 0 bridgehead atoms. The zero-order valence-electron chi connectivity index (χ0n) is 18.3. The molecule has 0 saturated carbocycles. The first-order valence-corrected chi connectivity index (χ1v) is 11.2. The monoisotopic (exact) mass is 462 g/mol. The van der Waals surface area contributed by atoms with E-state index >= 15 is 0 Å². The Morgan fingerprint density at radius 3 is 2.55 bits per heavy atom. The van der Waals surface area contributed by atoms with E-state index in [1.807, 2.05) is 42.5 Å². The van der Waals surface area contributed by atoms with E-state index in [4.69, 9.17) is 9.47 Å². The highest BCUT2D eigenvalue weighted by Gasteiger charge is 2.17. The maximum absolute atomic E-state index is 13.4. The SMILES string of the molecule is COc1cc(-c2nc(C(=O)N(C)Cc3ccccc3)cs2)ccc1OCc1cccc(F)c1. The minimum atomic E-state index is -0.304. The van der Waals surface area contributed by atoms with E-state index in [9.17, 15) is 9.18 Å². The van der Waals surface area contributed by atoms with Crippen LogP contribution in [0.15, 0.2) is 78.2 Å². The molecule has 1 amide bonds. The third-order valence-electron chi connectivity index (χ3n) is 5.03. The van der Waals surface area contributed by atoms with Crippen LogP contribution in [0.25, 0.3) is 10.6 Å². The zero-order chi connectivity index (χ0) is 23.2. The number of ether oxygens (including phenoxy) is 2. The fourth-order valence-corrected chi connectivity index (χ4v) is 4.13. The Kier molecular flexibility index (Phi) is 7.00. The zero-order valence-corrected chi connectivity index (χ0v) is 19.1. The third kappa shape index (κ3) is 5.56. The highest BCUT2D eigenvalue weighted by Crippen LogP contribution is 2.34. The normalized spacial score (nSPS) is 10.6. The van der Waals surface area contributed by atoms with Gasteiger partial charge in [0.2, 0.25) is 0 Å². The van der Waals surface area contributed by atoms with Gasteiger partial charge in [0.05, 0.1) is 7.11 Å². The van der Waals surface area contributed by atoms with Crippen LogP contribution in [0.3, 0.4) is 0 Å². The van der Waals surface area contributed by atoms with Crippen LogP contribution in [0.2, 0.25) is 0 Å². The lowest BCUT2D eigenvalue weighted by atomic mass is 10.2. The van der Waals surface area contributed by atoms with Crippen LogP contribution in [0.1, 0.15) is 21.6 Å². The molecule has 1 heterocycles. The average molecular weight is 463 g/mol. The van der Waals surface area contributed by atoms with Crippen LogP contribution >= 0.6 is 11.3 Å². The Morgan fingerprint density at radius 2 is 1.79 bits per heavy atom. The number of benzene rings is 3. The summed E-state index contributed by atoms with van der Waals surface area (Å²) in [5.41, 5.74) is 3.00. The molecule has 4 aromatic rings. The maximum atomic E-state index is 13.4. The molecule has 0 aliphatic carbocycles. The van der Waals surface area contributed by atoms with Crippen LogP contribution in [-0.2, 0) is 13.2 Å². The number of carbonyl (C=O) groups excluding carboxylic acids is 1. The van der Waals surface area contributed by atoms with Crippen molar-refractivity contribution in [2.24, 2.45) is 0 Å². The number of aromatic nitrogens is 1. The molecule has 0 fully saturated rings. The number of thiazole rings is 1. The number of methoxy groups -OCH3 is 1. The van der Waals surface area contributed by atoms with E-state index < -0.39 is 0 Å². The van der Waals surface area contributed by atoms with Crippen molar-refractivity contribution in [3.63, 3.8) is 0 Å². The Bertz CT molecular complexity index is 1240. The van der Waals surface area contributed by atoms with E-state index in [0.29, 0.717) is 28.7 Å². The van der Waals surface area contributed by atoms with Crippen LogP contribution in [-0.4, -0.2) is 29.9 Å². The molecule has 33 heavy (non-hydrogen) atoms. The van der Waals surface area contributed by atoms with E-state index in [-0.39, 0.29) is 18.3 Å². The molecule has 1 aromatic heterocycles. The van der Waals surface area contributed by atoms with Crippen LogP contribution < -0.4 is 9.47 Å². The Balaban J connectivity index is 1.46. The minimum absolute atomic E-state index is 0.136. The number of nitrogens with zero attached hydrogens (tertiary/aromatic N) is 2. The lowest BCUT2D eigenvalue weighted by Gasteiger charge is -2.15. The van der Waals surface area contributed by atoms with Gasteiger partial charge < -0.3 is 14.4 Å². The summed E-state index contributed by atoms with van der Waals surface area (Å²) in [6.07, 6.45) is 0. The van der Waals surface area contributed by atoms with Crippen molar-refractivity contribution in [2.45, 2.75) is 13.2 Å². The van der Waals surface area contributed by atoms with Gasteiger partial charge in [0, 0.05) is 24.5 Å². The number of hydrogen-bond acceptors (Lipinski definition) is 5. The topological polar surface area (TPSA) is 51.7 Å². The third-order valence-corrected chi connectivity index (χ3v) is 5.92. The molecule has 0 aliphatic heterocycles. The summed E-state index contributed by atoms with van der Waals surface area (Å²) in [4.78, 5) is 19.0. The number of rotatable bonds is 8. The number of amides is 1.